The summed E-state index contributed by atoms with van der Waals surface area (Å²) in [5.41, 5.74) is 0.445. The fourth-order valence-electron chi connectivity index (χ4n) is 5.66. The van der Waals surface area contributed by atoms with E-state index in [1.165, 1.54) is 0 Å². The van der Waals surface area contributed by atoms with Crippen molar-refractivity contribution in [1.82, 2.24) is 19.4 Å². The average Bonchev–Trinajstić information content (AvgIpc) is 3.44. The molecule has 1 spiro atoms. The van der Waals surface area contributed by atoms with Crippen LogP contribution in [0.5, 0.6) is 0 Å². The molecule has 1 aromatic heterocycles. The van der Waals surface area contributed by atoms with Gasteiger partial charge in [0.25, 0.3) is 0 Å². The number of imidazole rings is 1. The van der Waals surface area contributed by atoms with Crippen molar-refractivity contribution in [2.45, 2.75) is 57.9 Å². The molecule has 156 valence electrons. The van der Waals surface area contributed by atoms with Gasteiger partial charge in [0.2, 0.25) is 11.8 Å². The molecule has 1 aromatic rings. The molecule has 0 aromatic carbocycles. The normalized spacial score (nSPS) is 32.8. The number of nitrogens with zero attached hydrogens (tertiary/aromatic N) is 4. The van der Waals surface area contributed by atoms with Gasteiger partial charge in [-0.05, 0) is 12.3 Å². The Hall–Kier alpha value is -2.15. The minimum atomic E-state index is -0.609. The summed E-state index contributed by atoms with van der Waals surface area (Å²) in [6, 6.07) is 0. The first-order valence-corrected chi connectivity index (χ1v) is 11.0. The molecular weight excluding hydrogens is 368 g/mol. The van der Waals surface area contributed by atoms with Crippen LogP contribution in [0.2, 0.25) is 0 Å². The van der Waals surface area contributed by atoms with Crippen LogP contribution in [0.15, 0.2) is 24.7 Å². The van der Waals surface area contributed by atoms with E-state index in [1.54, 1.807) is 0 Å². The van der Waals surface area contributed by atoms with Crippen LogP contribution in [0.3, 0.4) is 0 Å². The van der Waals surface area contributed by atoms with Crippen molar-refractivity contribution in [1.29, 1.82) is 0 Å². The molecule has 29 heavy (non-hydrogen) atoms. The Balaban J connectivity index is 1.38. The van der Waals surface area contributed by atoms with E-state index in [-0.39, 0.29) is 23.8 Å². The fourth-order valence-corrected chi connectivity index (χ4v) is 5.66. The second-order valence-corrected chi connectivity index (χ2v) is 8.99. The van der Waals surface area contributed by atoms with E-state index < -0.39 is 11.5 Å². The van der Waals surface area contributed by atoms with Gasteiger partial charge in [-0.25, -0.2) is 4.98 Å². The first-order valence-electron chi connectivity index (χ1n) is 11.0. The monoisotopic (exact) mass is 398 g/mol. The van der Waals surface area contributed by atoms with Gasteiger partial charge in [-0.1, -0.05) is 38.8 Å². The van der Waals surface area contributed by atoms with Crippen molar-refractivity contribution in [2.75, 3.05) is 19.6 Å². The Bertz CT molecular complexity index is 845. The third-order valence-electron chi connectivity index (χ3n) is 7.39. The Morgan fingerprint density at radius 3 is 2.97 bits per heavy atom. The largest absolute Gasteiger partial charge is 0.360 e. The highest BCUT2D eigenvalue weighted by Gasteiger charge is 2.67. The van der Waals surface area contributed by atoms with E-state index in [4.69, 9.17) is 4.74 Å². The van der Waals surface area contributed by atoms with E-state index in [1.807, 2.05) is 28.4 Å². The van der Waals surface area contributed by atoms with Crippen LogP contribution >= 0.6 is 0 Å². The van der Waals surface area contributed by atoms with Gasteiger partial charge in [-0.3, -0.25) is 9.59 Å². The molecule has 5 rings (SSSR count). The number of likely N-dealkylation sites (tertiary alicyclic amines) is 1. The van der Waals surface area contributed by atoms with Gasteiger partial charge < -0.3 is 19.1 Å². The second-order valence-electron chi connectivity index (χ2n) is 8.99. The van der Waals surface area contributed by atoms with Crippen LogP contribution in [0, 0.1) is 17.8 Å². The Morgan fingerprint density at radius 2 is 2.17 bits per heavy atom. The zero-order chi connectivity index (χ0) is 20.2. The molecule has 4 aliphatic rings. The number of aromatic nitrogens is 2. The van der Waals surface area contributed by atoms with E-state index >= 15 is 0 Å². The maximum Gasteiger partial charge on any atom is 0.230 e. The molecule has 2 fully saturated rings. The maximum absolute atomic E-state index is 13.6. The van der Waals surface area contributed by atoms with Crippen LogP contribution in [0.1, 0.15) is 38.8 Å². The minimum absolute atomic E-state index is 0.0543. The smallest absolute Gasteiger partial charge is 0.230 e. The molecule has 5 heterocycles. The minimum Gasteiger partial charge on any atom is -0.360 e. The zero-order valence-corrected chi connectivity index (χ0v) is 17.3. The van der Waals surface area contributed by atoms with Gasteiger partial charge in [0, 0.05) is 25.8 Å². The van der Waals surface area contributed by atoms with Crippen molar-refractivity contribution < 1.29 is 14.3 Å². The number of aryl methyl sites for hydroxylation is 1. The first kappa shape index (κ1) is 18.9. The molecule has 4 aliphatic heterocycles. The van der Waals surface area contributed by atoms with Crippen molar-refractivity contribution in [3.05, 3.63) is 30.4 Å². The molecule has 4 atom stereocenters. The standard InChI is InChI=1S/C22H30N4O3/c1-3-15(4-2)11-26-13-22-7-6-17(29-22)18(19(22)21(26)28)20(27)24-8-5-9-25-14-23-10-16(25)12-24/h6-7,10,14-15,17-19H,3-5,8-9,11-13H2,1-2H3. The summed E-state index contributed by atoms with van der Waals surface area (Å²) >= 11 is 0. The predicted octanol–water partition coefficient (Wildman–Crippen LogP) is 1.83. The van der Waals surface area contributed by atoms with Gasteiger partial charge in [-0.15, -0.1) is 0 Å². The third-order valence-corrected chi connectivity index (χ3v) is 7.39. The number of rotatable bonds is 5. The van der Waals surface area contributed by atoms with Crippen molar-refractivity contribution in [3.8, 4) is 0 Å². The Morgan fingerprint density at radius 1 is 1.34 bits per heavy atom. The number of amides is 2. The number of hydrogen-bond donors (Lipinski definition) is 0. The third kappa shape index (κ3) is 2.85. The molecule has 0 saturated carbocycles. The quantitative estimate of drug-likeness (QED) is 0.710. The average molecular weight is 399 g/mol. The summed E-state index contributed by atoms with van der Waals surface area (Å²) in [5.74, 6) is -0.142. The highest BCUT2D eigenvalue weighted by molar-refractivity contribution is 5.93. The lowest BCUT2D eigenvalue weighted by molar-refractivity contribution is -0.143. The summed E-state index contributed by atoms with van der Waals surface area (Å²) in [6.45, 7) is 7.82. The second kappa shape index (κ2) is 6.97. The molecule has 0 aliphatic carbocycles. The summed E-state index contributed by atoms with van der Waals surface area (Å²) in [4.78, 5) is 35.1. The SMILES string of the molecule is CCC(CC)CN1CC23C=CC(O2)C(C(=O)N2CCCn4cncc4C2)C3C1=O. The molecule has 2 saturated heterocycles. The Labute approximate surface area is 171 Å². The van der Waals surface area contributed by atoms with Crippen LogP contribution < -0.4 is 0 Å². The number of ether oxygens (including phenoxy) is 1. The van der Waals surface area contributed by atoms with Crippen LogP contribution in [0.25, 0.3) is 0 Å². The molecular formula is C22H30N4O3. The fraction of sp³-hybridized carbons (Fsp3) is 0.682. The lowest BCUT2D eigenvalue weighted by atomic mass is 9.76. The molecule has 4 unspecified atom stereocenters. The molecule has 0 radical (unpaired) electrons. The number of fused-ring (bicyclic) bond motifs is 2. The van der Waals surface area contributed by atoms with E-state index in [0.29, 0.717) is 25.6 Å². The lowest BCUT2D eigenvalue weighted by Crippen LogP contribution is -2.46. The topological polar surface area (TPSA) is 67.7 Å². The number of carbonyl (C=O) groups is 2. The van der Waals surface area contributed by atoms with Crippen LogP contribution in [0.4, 0.5) is 0 Å². The van der Waals surface area contributed by atoms with Crippen LogP contribution in [-0.4, -0.2) is 62.5 Å². The first-order chi connectivity index (χ1) is 14.1. The van der Waals surface area contributed by atoms with E-state index in [2.05, 4.69) is 29.5 Å². The van der Waals surface area contributed by atoms with Gasteiger partial charge in [0.1, 0.15) is 5.60 Å². The van der Waals surface area contributed by atoms with Gasteiger partial charge >= 0.3 is 0 Å². The number of carbonyl (C=O) groups excluding carboxylic acids is 2. The van der Waals surface area contributed by atoms with Crippen molar-refractivity contribution >= 4 is 11.8 Å². The zero-order valence-electron chi connectivity index (χ0n) is 17.3. The van der Waals surface area contributed by atoms with E-state index in [0.717, 1.165) is 38.0 Å². The molecule has 7 heteroatoms. The molecule has 7 nitrogen and oxygen atoms in total. The maximum atomic E-state index is 13.6. The van der Waals surface area contributed by atoms with Gasteiger partial charge in [0.05, 0.1) is 43.1 Å². The van der Waals surface area contributed by atoms with Crippen LogP contribution in [-0.2, 0) is 27.4 Å². The highest BCUT2D eigenvalue weighted by Crippen LogP contribution is 2.52. The predicted molar refractivity (Wildman–Crippen MR) is 107 cm³/mol. The summed E-state index contributed by atoms with van der Waals surface area (Å²) in [5, 5.41) is 0. The summed E-state index contributed by atoms with van der Waals surface area (Å²) < 4.78 is 8.42. The molecule has 0 N–H and O–H groups in total. The molecule has 2 amide bonds. The summed E-state index contributed by atoms with van der Waals surface area (Å²) in [7, 11) is 0. The van der Waals surface area contributed by atoms with Gasteiger partial charge in [-0.2, -0.15) is 0 Å². The van der Waals surface area contributed by atoms with Gasteiger partial charge in [0.15, 0.2) is 0 Å². The molecule has 2 bridgehead atoms. The lowest BCUT2D eigenvalue weighted by Gasteiger charge is -2.29. The highest BCUT2D eigenvalue weighted by atomic mass is 16.5. The Kier molecular flexibility index (Phi) is 4.53. The summed E-state index contributed by atoms with van der Waals surface area (Å²) in [6.07, 6.45) is 10.5. The number of hydrogen-bond acceptors (Lipinski definition) is 4. The van der Waals surface area contributed by atoms with E-state index in [9.17, 15) is 9.59 Å². The van der Waals surface area contributed by atoms with Crippen molar-refractivity contribution in [2.24, 2.45) is 17.8 Å². The van der Waals surface area contributed by atoms with Crippen molar-refractivity contribution in [3.63, 3.8) is 0 Å².